The Bertz CT molecular complexity index is 790. The summed E-state index contributed by atoms with van der Waals surface area (Å²) in [6, 6.07) is 13.0. The minimum Gasteiger partial charge on any atom is -0.483 e. The minimum absolute atomic E-state index is 0.0477. The molecule has 0 saturated heterocycles. The minimum atomic E-state index is -0.227. The number of aromatic nitrogens is 2. The number of benzene rings is 2. The van der Waals surface area contributed by atoms with E-state index in [9.17, 15) is 4.79 Å². The molecule has 3 aromatic rings. The number of fused-ring (bicyclic) bond motifs is 1. The zero-order valence-corrected chi connectivity index (χ0v) is 13.7. The van der Waals surface area contributed by atoms with E-state index in [1.54, 1.807) is 6.07 Å². The number of hydrogen-bond donors (Lipinski definition) is 1. The Kier molecular flexibility index (Phi) is 4.30. The third-order valence-corrected chi connectivity index (χ3v) is 4.19. The maximum Gasteiger partial charge on any atom is 0.262 e. The molecule has 7 heteroatoms. The first-order valence-electron chi connectivity index (χ1n) is 6.12. The van der Waals surface area contributed by atoms with Crippen LogP contribution in [-0.2, 0) is 4.79 Å². The first-order chi connectivity index (χ1) is 10.2. The zero-order chi connectivity index (χ0) is 14.7. The van der Waals surface area contributed by atoms with Gasteiger partial charge in [-0.05, 0) is 46.9 Å². The van der Waals surface area contributed by atoms with Crippen LogP contribution in [0.15, 0.2) is 42.5 Å². The number of carbonyl (C=O) groups is 1. The number of hydrogen-bond acceptors (Lipinski definition) is 5. The fraction of sp³-hybridized carbons (Fsp3) is 0.0714. The zero-order valence-electron chi connectivity index (χ0n) is 10.7. The number of ether oxygens (including phenoxy) is 1. The van der Waals surface area contributed by atoms with Crippen molar-refractivity contribution in [2.24, 2.45) is 0 Å². The number of amides is 1. The van der Waals surface area contributed by atoms with Gasteiger partial charge in [0, 0.05) is 0 Å². The van der Waals surface area contributed by atoms with Gasteiger partial charge in [0.25, 0.3) is 5.91 Å². The summed E-state index contributed by atoms with van der Waals surface area (Å²) in [5.41, 5.74) is 2.12. The molecule has 0 aliphatic carbocycles. The lowest BCUT2D eigenvalue weighted by Gasteiger charge is -2.08. The lowest BCUT2D eigenvalue weighted by molar-refractivity contribution is -0.118. The molecule has 3 rings (SSSR count). The number of halogens is 1. The Labute approximate surface area is 138 Å². The average Bonchev–Trinajstić information content (AvgIpc) is 2.96. The van der Waals surface area contributed by atoms with E-state index in [0.717, 1.165) is 20.8 Å². The van der Waals surface area contributed by atoms with Crippen LogP contribution in [-0.4, -0.2) is 21.3 Å². The van der Waals surface area contributed by atoms with Gasteiger partial charge < -0.3 is 10.1 Å². The largest absolute Gasteiger partial charge is 0.483 e. The molecule has 0 aliphatic heterocycles. The van der Waals surface area contributed by atoms with Crippen molar-refractivity contribution < 1.29 is 9.53 Å². The first kappa shape index (κ1) is 14.2. The predicted octanol–water partition coefficient (Wildman–Crippen LogP) is 3.31. The Morgan fingerprint density at radius 3 is 2.90 bits per heavy atom. The van der Waals surface area contributed by atoms with E-state index in [0.29, 0.717) is 17.0 Å². The molecule has 0 unspecified atom stereocenters. The molecule has 0 saturated carbocycles. The van der Waals surface area contributed by atoms with Gasteiger partial charge in [0.1, 0.15) is 16.8 Å². The van der Waals surface area contributed by atoms with Crippen molar-refractivity contribution in [2.75, 3.05) is 11.9 Å². The summed E-state index contributed by atoms with van der Waals surface area (Å²) in [6.07, 6.45) is 0. The van der Waals surface area contributed by atoms with Crippen LogP contribution in [0.1, 0.15) is 0 Å². The molecule has 0 fully saturated rings. The molecule has 0 aliphatic rings. The molecule has 0 atom stereocenters. The lowest BCUT2D eigenvalue weighted by Crippen LogP contribution is -2.20. The molecule has 21 heavy (non-hydrogen) atoms. The molecule has 5 nitrogen and oxygen atoms in total. The molecule has 1 heterocycles. The van der Waals surface area contributed by atoms with Gasteiger partial charge in [0.2, 0.25) is 0 Å². The summed E-state index contributed by atoms with van der Waals surface area (Å²) in [4.78, 5) is 12.0. The second-order valence-corrected chi connectivity index (χ2v) is 5.90. The van der Waals surface area contributed by atoms with Crippen LogP contribution < -0.4 is 10.1 Å². The van der Waals surface area contributed by atoms with Crippen molar-refractivity contribution >= 4 is 56.9 Å². The maximum atomic E-state index is 12.0. The molecule has 0 bridgehead atoms. The molecule has 2 aromatic carbocycles. The molecule has 0 spiro atoms. The Hall–Kier alpha value is -1.74. The van der Waals surface area contributed by atoms with E-state index in [1.165, 1.54) is 0 Å². The summed E-state index contributed by atoms with van der Waals surface area (Å²) in [7, 11) is 0. The van der Waals surface area contributed by atoms with Crippen LogP contribution in [0.25, 0.3) is 11.0 Å². The van der Waals surface area contributed by atoms with E-state index in [1.807, 2.05) is 36.4 Å². The molecular weight excluding hydrogens is 401 g/mol. The highest BCUT2D eigenvalue weighted by Gasteiger charge is 2.09. The van der Waals surface area contributed by atoms with Gasteiger partial charge in [-0.3, -0.25) is 4.79 Å². The van der Waals surface area contributed by atoms with Crippen LogP contribution in [0.5, 0.6) is 5.75 Å². The molecule has 106 valence electrons. The topological polar surface area (TPSA) is 64.1 Å². The number of para-hydroxylation sites is 1. The summed E-state index contributed by atoms with van der Waals surface area (Å²) < 4.78 is 14.8. The van der Waals surface area contributed by atoms with Crippen molar-refractivity contribution in [3.8, 4) is 5.75 Å². The fourth-order valence-corrected chi connectivity index (χ4v) is 2.89. The van der Waals surface area contributed by atoms with Crippen molar-refractivity contribution in [3.05, 3.63) is 46.0 Å². The number of anilines is 1. The van der Waals surface area contributed by atoms with Gasteiger partial charge in [0.05, 0.1) is 21.0 Å². The molecule has 1 amide bonds. The van der Waals surface area contributed by atoms with Crippen molar-refractivity contribution in [1.29, 1.82) is 0 Å². The highest BCUT2D eigenvalue weighted by Crippen LogP contribution is 2.22. The highest BCUT2D eigenvalue weighted by molar-refractivity contribution is 14.1. The Morgan fingerprint density at radius 2 is 2.05 bits per heavy atom. The second kappa shape index (κ2) is 6.35. The van der Waals surface area contributed by atoms with Crippen LogP contribution in [0.2, 0.25) is 0 Å². The van der Waals surface area contributed by atoms with Gasteiger partial charge in [-0.15, -0.1) is 0 Å². The number of nitrogens with one attached hydrogen (secondary N) is 1. The number of carbonyl (C=O) groups excluding carboxylic acids is 1. The number of rotatable bonds is 4. The third kappa shape index (κ3) is 3.30. The van der Waals surface area contributed by atoms with Gasteiger partial charge >= 0.3 is 0 Å². The van der Waals surface area contributed by atoms with Gasteiger partial charge in [-0.25, -0.2) is 0 Å². The number of nitrogens with zero attached hydrogens (tertiary/aromatic N) is 2. The fourth-order valence-electron chi connectivity index (χ4n) is 1.80. The standard InChI is InChI=1S/C14H10IN3O2S/c15-9-4-1-2-7-12(9)20-8-13(19)16-10-5-3-6-11-14(10)18-21-17-11/h1-7H,8H2,(H,16,19). The first-order valence-corrected chi connectivity index (χ1v) is 7.93. The second-order valence-electron chi connectivity index (χ2n) is 4.20. The Morgan fingerprint density at radius 1 is 1.19 bits per heavy atom. The molecule has 0 radical (unpaired) electrons. The Balaban J connectivity index is 1.67. The quantitative estimate of drug-likeness (QED) is 0.670. The van der Waals surface area contributed by atoms with Crippen molar-refractivity contribution in [3.63, 3.8) is 0 Å². The summed E-state index contributed by atoms with van der Waals surface area (Å²) in [6.45, 7) is -0.0477. The smallest absolute Gasteiger partial charge is 0.262 e. The normalized spacial score (nSPS) is 10.5. The third-order valence-electron chi connectivity index (χ3n) is 2.76. The molecular formula is C14H10IN3O2S. The van der Waals surface area contributed by atoms with Gasteiger partial charge in [-0.2, -0.15) is 8.75 Å². The van der Waals surface area contributed by atoms with Gasteiger partial charge in [0.15, 0.2) is 6.61 Å². The van der Waals surface area contributed by atoms with E-state index in [-0.39, 0.29) is 12.5 Å². The van der Waals surface area contributed by atoms with E-state index < -0.39 is 0 Å². The summed E-state index contributed by atoms with van der Waals surface area (Å²) in [5.74, 6) is 0.469. The van der Waals surface area contributed by atoms with Crippen molar-refractivity contribution in [2.45, 2.75) is 0 Å². The molecule has 1 N–H and O–H groups in total. The average molecular weight is 411 g/mol. The summed E-state index contributed by atoms with van der Waals surface area (Å²) >= 11 is 3.29. The monoisotopic (exact) mass is 411 g/mol. The SMILES string of the molecule is O=C(COc1ccccc1I)Nc1cccc2nsnc12. The van der Waals surface area contributed by atoms with Crippen LogP contribution in [0, 0.1) is 3.57 Å². The summed E-state index contributed by atoms with van der Waals surface area (Å²) in [5, 5.41) is 2.80. The maximum absolute atomic E-state index is 12.0. The lowest BCUT2D eigenvalue weighted by atomic mass is 10.2. The van der Waals surface area contributed by atoms with Crippen LogP contribution in [0.3, 0.4) is 0 Å². The molecule has 1 aromatic heterocycles. The van der Waals surface area contributed by atoms with Crippen LogP contribution >= 0.6 is 34.3 Å². The van der Waals surface area contributed by atoms with Gasteiger partial charge in [-0.1, -0.05) is 18.2 Å². The van der Waals surface area contributed by atoms with E-state index in [4.69, 9.17) is 4.74 Å². The van der Waals surface area contributed by atoms with E-state index in [2.05, 4.69) is 36.7 Å². The highest BCUT2D eigenvalue weighted by atomic mass is 127. The van der Waals surface area contributed by atoms with Crippen LogP contribution in [0.4, 0.5) is 5.69 Å². The van der Waals surface area contributed by atoms with E-state index >= 15 is 0 Å². The predicted molar refractivity (Wildman–Crippen MR) is 90.7 cm³/mol. The van der Waals surface area contributed by atoms with Crippen molar-refractivity contribution in [1.82, 2.24) is 8.75 Å².